The molecule has 1 atom stereocenters. The number of anilines is 1. The fraction of sp³-hybridized carbons (Fsp3) is 0.211. The van der Waals surface area contributed by atoms with E-state index in [1.807, 2.05) is 34.9 Å². The smallest absolute Gasteiger partial charge is 0.226 e. The van der Waals surface area contributed by atoms with Crippen LogP contribution in [0.25, 0.3) is 5.69 Å². The Hall–Kier alpha value is -3.35. The molecule has 4 rings (SSSR count). The summed E-state index contributed by atoms with van der Waals surface area (Å²) < 4.78 is 12.8. The Labute approximate surface area is 150 Å². The standard InChI is InChI=1S/C19H18N4O3/c1-25-15-7-3-6-13(18(15)26-2)14-9-16(24)22-19-17(14)21-11-23(19)12-5-4-8-20-10-12/h3-8,10-11,14H,9H2,1-2H3,(H,22,24). The van der Waals surface area contributed by atoms with Crippen LogP contribution in [0.4, 0.5) is 5.82 Å². The molecule has 0 saturated carbocycles. The number of hydrogen-bond donors (Lipinski definition) is 1. The van der Waals surface area contributed by atoms with E-state index in [9.17, 15) is 4.79 Å². The van der Waals surface area contributed by atoms with Crippen LogP contribution >= 0.6 is 0 Å². The number of ether oxygens (including phenoxy) is 2. The Morgan fingerprint density at radius 2 is 2.08 bits per heavy atom. The molecule has 3 aromatic rings. The SMILES string of the molecule is COc1cccc(C2CC(=O)Nc3c2ncn3-c2cccnc2)c1OC. The van der Waals surface area contributed by atoms with Crippen LogP contribution in [0.1, 0.15) is 23.6 Å². The summed E-state index contributed by atoms with van der Waals surface area (Å²) in [6, 6.07) is 9.42. The van der Waals surface area contributed by atoms with Crippen LogP contribution in [0, 0.1) is 0 Å². The molecule has 1 aliphatic heterocycles. The number of carbonyl (C=O) groups is 1. The molecule has 1 aliphatic rings. The van der Waals surface area contributed by atoms with Gasteiger partial charge in [-0.2, -0.15) is 0 Å². The summed E-state index contributed by atoms with van der Waals surface area (Å²) >= 11 is 0. The number of hydrogen-bond acceptors (Lipinski definition) is 5. The largest absolute Gasteiger partial charge is 0.493 e. The number of nitrogens with one attached hydrogen (secondary N) is 1. The van der Waals surface area contributed by atoms with Crippen molar-refractivity contribution in [2.24, 2.45) is 0 Å². The number of nitrogens with zero attached hydrogens (tertiary/aromatic N) is 3. The first-order valence-corrected chi connectivity index (χ1v) is 8.21. The molecule has 7 nitrogen and oxygen atoms in total. The zero-order valence-electron chi connectivity index (χ0n) is 14.5. The second kappa shape index (κ2) is 6.51. The summed E-state index contributed by atoms with van der Waals surface area (Å²) in [5.74, 6) is 1.62. The van der Waals surface area contributed by atoms with Gasteiger partial charge < -0.3 is 14.8 Å². The third kappa shape index (κ3) is 2.57. The number of carbonyl (C=O) groups excluding carboxylic acids is 1. The molecule has 7 heteroatoms. The lowest BCUT2D eigenvalue weighted by atomic mass is 9.89. The molecule has 1 amide bonds. The molecule has 132 valence electrons. The van der Waals surface area contributed by atoms with Crippen molar-refractivity contribution in [1.29, 1.82) is 0 Å². The van der Waals surface area contributed by atoms with Crippen LogP contribution in [0.2, 0.25) is 0 Å². The minimum atomic E-state index is -0.221. The highest BCUT2D eigenvalue weighted by Crippen LogP contribution is 2.43. The minimum Gasteiger partial charge on any atom is -0.493 e. The van der Waals surface area contributed by atoms with Crippen molar-refractivity contribution in [2.75, 3.05) is 19.5 Å². The Bertz CT molecular complexity index is 953. The van der Waals surface area contributed by atoms with Gasteiger partial charge in [0, 0.05) is 24.1 Å². The fourth-order valence-electron chi connectivity index (χ4n) is 3.34. The zero-order valence-corrected chi connectivity index (χ0v) is 14.5. The maximum Gasteiger partial charge on any atom is 0.226 e. The maximum atomic E-state index is 12.4. The number of amides is 1. The van der Waals surface area contributed by atoms with E-state index in [4.69, 9.17) is 9.47 Å². The van der Waals surface area contributed by atoms with Gasteiger partial charge in [0.1, 0.15) is 12.1 Å². The first-order chi connectivity index (χ1) is 12.7. The van der Waals surface area contributed by atoms with Crippen LogP contribution in [-0.4, -0.2) is 34.7 Å². The molecule has 0 aliphatic carbocycles. The van der Waals surface area contributed by atoms with Gasteiger partial charge in [-0.15, -0.1) is 0 Å². The molecule has 1 unspecified atom stereocenters. The lowest BCUT2D eigenvalue weighted by molar-refractivity contribution is -0.116. The molecule has 0 radical (unpaired) electrons. The summed E-state index contributed by atoms with van der Waals surface area (Å²) in [6.07, 6.45) is 5.42. The van der Waals surface area contributed by atoms with Crippen LogP contribution in [0.5, 0.6) is 11.5 Å². The quantitative estimate of drug-likeness (QED) is 0.783. The van der Waals surface area contributed by atoms with Gasteiger partial charge in [-0.25, -0.2) is 4.98 Å². The summed E-state index contributed by atoms with van der Waals surface area (Å²) in [7, 11) is 3.19. The molecule has 2 aromatic heterocycles. The van der Waals surface area contributed by atoms with E-state index >= 15 is 0 Å². The van der Waals surface area contributed by atoms with Crippen LogP contribution in [-0.2, 0) is 4.79 Å². The Balaban J connectivity index is 1.85. The average Bonchev–Trinajstić information content (AvgIpc) is 3.11. The van der Waals surface area contributed by atoms with Crippen molar-refractivity contribution in [2.45, 2.75) is 12.3 Å². The number of fused-ring (bicyclic) bond motifs is 1. The van der Waals surface area contributed by atoms with E-state index in [1.165, 1.54) is 0 Å². The number of benzene rings is 1. The van der Waals surface area contributed by atoms with Gasteiger partial charge >= 0.3 is 0 Å². The third-order valence-corrected chi connectivity index (χ3v) is 4.51. The summed E-state index contributed by atoms with van der Waals surface area (Å²) in [6.45, 7) is 0. The molecule has 0 saturated heterocycles. The van der Waals surface area contributed by atoms with Gasteiger partial charge in [-0.3, -0.25) is 14.3 Å². The zero-order chi connectivity index (χ0) is 18.1. The number of methoxy groups -OCH3 is 2. The second-order valence-electron chi connectivity index (χ2n) is 5.95. The summed E-state index contributed by atoms with van der Waals surface area (Å²) in [4.78, 5) is 21.1. The molecule has 0 bridgehead atoms. The highest BCUT2D eigenvalue weighted by Gasteiger charge is 2.33. The van der Waals surface area contributed by atoms with Crippen molar-refractivity contribution < 1.29 is 14.3 Å². The fourth-order valence-corrected chi connectivity index (χ4v) is 3.34. The van der Waals surface area contributed by atoms with E-state index in [-0.39, 0.29) is 11.8 Å². The third-order valence-electron chi connectivity index (χ3n) is 4.51. The first kappa shape index (κ1) is 16.1. The molecule has 1 aromatic carbocycles. The number of para-hydroxylation sites is 1. The van der Waals surface area contributed by atoms with E-state index in [1.54, 1.807) is 32.9 Å². The highest BCUT2D eigenvalue weighted by atomic mass is 16.5. The van der Waals surface area contributed by atoms with E-state index in [2.05, 4.69) is 15.3 Å². The number of pyridine rings is 1. The molecule has 3 heterocycles. The van der Waals surface area contributed by atoms with Gasteiger partial charge in [0.2, 0.25) is 5.91 Å². The number of imidazole rings is 1. The topological polar surface area (TPSA) is 78.3 Å². The molecule has 1 N–H and O–H groups in total. The average molecular weight is 350 g/mol. The van der Waals surface area contributed by atoms with Crippen LogP contribution in [0.3, 0.4) is 0 Å². The van der Waals surface area contributed by atoms with Crippen LogP contribution in [0.15, 0.2) is 49.1 Å². The van der Waals surface area contributed by atoms with Crippen LogP contribution < -0.4 is 14.8 Å². The lowest BCUT2D eigenvalue weighted by Crippen LogP contribution is -2.25. The monoisotopic (exact) mass is 350 g/mol. The second-order valence-corrected chi connectivity index (χ2v) is 5.95. The molecule has 0 spiro atoms. The van der Waals surface area contributed by atoms with Gasteiger partial charge in [-0.1, -0.05) is 12.1 Å². The van der Waals surface area contributed by atoms with Crippen molar-refractivity contribution >= 4 is 11.7 Å². The van der Waals surface area contributed by atoms with Gasteiger partial charge in [0.25, 0.3) is 0 Å². The minimum absolute atomic E-state index is 0.0713. The summed E-state index contributed by atoms with van der Waals surface area (Å²) in [5.41, 5.74) is 2.50. The lowest BCUT2D eigenvalue weighted by Gasteiger charge is -2.25. The van der Waals surface area contributed by atoms with Crippen molar-refractivity contribution in [3.05, 3.63) is 60.3 Å². The van der Waals surface area contributed by atoms with Crippen molar-refractivity contribution in [3.63, 3.8) is 0 Å². The maximum absolute atomic E-state index is 12.4. The van der Waals surface area contributed by atoms with Gasteiger partial charge in [0.05, 0.1) is 31.8 Å². The predicted molar refractivity (Wildman–Crippen MR) is 96.0 cm³/mol. The molecule has 26 heavy (non-hydrogen) atoms. The Kier molecular flexibility index (Phi) is 4.04. The molecular formula is C19H18N4O3. The molecular weight excluding hydrogens is 332 g/mol. The first-order valence-electron chi connectivity index (χ1n) is 8.21. The van der Waals surface area contributed by atoms with Gasteiger partial charge in [-0.05, 0) is 18.2 Å². The summed E-state index contributed by atoms with van der Waals surface area (Å²) in [5, 5.41) is 2.93. The Morgan fingerprint density at radius 3 is 2.81 bits per heavy atom. The van der Waals surface area contributed by atoms with E-state index in [0.29, 0.717) is 23.7 Å². The number of rotatable bonds is 4. The van der Waals surface area contributed by atoms with E-state index in [0.717, 1.165) is 16.9 Å². The Morgan fingerprint density at radius 1 is 1.19 bits per heavy atom. The highest BCUT2D eigenvalue weighted by molar-refractivity contribution is 5.94. The predicted octanol–water partition coefficient (Wildman–Crippen LogP) is 2.76. The normalized spacial score (nSPS) is 15.9. The van der Waals surface area contributed by atoms with Crippen molar-refractivity contribution in [1.82, 2.24) is 14.5 Å². The van der Waals surface area contributed by atoms with Gasteiger partial charge in [0.15, 0.2) is 11.5 Å². The van der Waals surface area contributed by atoms with E-state index < -0.39 is 0 Å². The van der Waals surface area contributed by atoms with Crippen molar-refractivity contribution in [3.8, 4) is 17.2 Å². The number of aromatic nitrogens is 3. The molecule has 0 fully saturated rings.